The lowest BCUT2D eigenvalue weighted by Crippen LogP contribution is -2.24. The summed E-state index contributed by atoms with van der Waals surface area (Å²) in [5.74, 6) is 1.09. The van der Waals surface area contributed by atoms with Crippen LogP contribution >= 0.6 is 0 Å². The monoisotopic (exact) mass is 498 g/mol. The predicted octanol–water partition coefficient (Wildman–Crippen LogP) is 11.4. The minimum atomic E-state index is 0.233. The van der Waals surface area contributed by atoms with E-state index in [9.17, 15) is 0 Å². The van der Waals surface area contributed by atoms with Crippen molar-refractivity contribution in [2.75, 3.05) is 0 Å². The topological polar surface area (TPSA) is 0 Å². The lowest BCUT2D eigenvalue weighted by Gasteiger charge is -2.36. The average Bonchev–Trinajstić information content (AvgIpc) is 3.27. The molecule has 0 amide bonds. The zero-order valence-corrected chi connectivity index (χ0v) is 26.7. The Kier molecular flexibility index (Phi) is 7.64. The number of benzene rings is 2. The molecule has 4 rings (SSSR count). The van der Waals surface area contributed by atoms with Gasteiger partial charge in [-0.15, -0.1) is 0 Å². The summed E-state index contributed by atoms with van der Waals surface area (Å²) < 4.78 is 0. The second-order valence-electron chi connectivity index (χ2n) is 16.0. The van der Waals surface area contributed by atoms with Crippen molar-refractivity contribution in [3.8, 4) is 0 Å². The Labute approximate surface area is 229 Å². The molecule has 0 heterocycles. The third-order valence-electron chi connectivity index (χ3n) is 8.23. The molecule has 2 aromatic carbocycles. The summed E-state index contributed by atoms with van der Waals surface area (Å²) >= 11 is 0. The first-order valence-corrected chi connectivity index (χ1v) is 14.3. The van der Waals surface area contributed by atoms with Gasteiger partial charge in [0.1, 0.15) is 0 Å². The molecule has 2 aliphatic rings. The Morgan fingerprint density at radius 3 is 1.38 bits per heavy atom. The summed E-state index contributed by atoms with van der Waals surface area (Å²) in [6.07, 6.45) is 4.90. The van der Waals surface area contributed by atoms with Crippen LogP contribution in [0.25, 0.3) is 12.2 Å². The molecular weight excluding hydrogens is 444 g/mol. The molecule has 2 unspecified atom stereocenters. The van der Waals surface area contributed by atoms with Gasteiger partial charge in [-0.25, -0.2) is 0 Å². The lowest BCUT2D eigenvalue weighted by atomic mass is 9.68. The van der Waals surface area contributed by atoms with E-state index in [1.165, 1.54) is 38.9 Å². The van der Waals surface area contributed by atoms with Gasteiger partial charge in [-0.3, -0.25) is 0 Å². The van der Waals surface area contributed by atoms with Crippen molar-refractivity contribution in [2.45, 2.75) is 116 Å². The Hall–Kier alpha value is -2.08. The Morgan fingerprint density at radius 1 is 0.514 bits per heavy atom. The van der Waals surface area contributed by atoms with Gasteiger partial charge < -0.3 is 0 Å². The summed E-state index contributed by atoms with van der Waals surface area (Å²) in [5, 5.41) is 0. The van der Waals surface area contributed by atoms with Gasteiger partial charge in [0.25, 0.3) is 0 Å². The number of fused-ring (bicyclic) bond motifs is 2. The fourth-order valence-electron chi connectivity index (χ4n) is 6.58. The summed E-state index contributed by atoms with van der Waals surface area (Å²) in [5.41, 5.74) is 14.4. The van der Waals surface area contributed by atoms with E-state index in [0.29, 0.717) is 11.8 Å². The van der Waals surface area contributed by atoms with Crippen LogP contribution in [0.15, 0.2) is 41.5 Å². The van der Waals surface area contributed by atoms with E-state index in [4.69, 9.17) is 0 Å². The van der Waals surface area contributed by atoms with Crippen LogP contribution in [-0.2, 0) is 0 Å². The Bertz CT molecular complexity index is 1220. The van der Waals surface area contributed by atoms with Crippen LogP contribution < -0.4 is 0 Å². The van der Waals surface area contributed by atoms with Crippen molar-refractivity contribution in [3.63, 3.8) is 0 Å². The van der Waals surface area contributed by atoms with Crippen molar-refractivity contribution < 1.29 is 0 Å². The molecule has 0 saturated heterocycles. The van der Waals surface area contributed by atoms with Crippen LogP contribution in [0.4, 0.5) is 0 Å². The van der Waals surface area contributed by atoms with E-state index < -0.39 is 0 Å². The zero-order chi connectivity index (χ0) is 28.3. The number of hydrogen-bond donors (Lipinski definition) is 0. The van der Waals surface area contributed by atoms with Crippen molar-refractivity contribution >= 4 is 12.2 Å². The highest BCUT2D eigenvalue weighted by atomic mass is 14.4. The predicted molar refractivity (Wildman–Crippen MR) is 166 cm³/mol. The van der Waals surface area contributed by atoms with E-state index in [2.05, 4.69) is 146 Å². The molecule has 37 heavy (non-hydrogen) atoms. The fourth-order valence-corrected chi connectivity index (χ4v) is 6.58. The highest BCUT2D eigenvalue weighted by Gasteiger charge is 2.40. The van der Waals surface area contributed by atoms with E-state index in [-0.39, 0.29) is 21.7 Å². The average molecular weight is 499 g/mol. The molecule has 2 aromatic rings. The molecule has 0 aromatic heterocycles. The van der Waals surface area contributed by atoms with Crippen molar-refractivity contribution in [1.82, 2.24) is 0 Å². The number of allylic oxidation sites excluding steroid dienone is 2. The van der Waals surface area contributed by atoms with Crippen LogP contribution in [0.3, 0.4) is 0 Å². The molecule has 0 saturated carbocycles. The molecule has 0 nitrogen and oxygen atoms in total. The molecule has 0 heteroatoms. The molecule has 0 spiro atoms. The summed E-state index contributed by atoms with van der Waals surface area (Å²) in [6, 6.07) is 11.4. The van der Waals surface area contributed by atoms with Gasteiger partial charge in [0.2, 0.25) is 0 Å². The van der Waals surface area contributed by atoms with Gasteiger partial charge >= 0.3 is 0 Å². The summed E-state index contributed by atoms with van der Waals surface area (Å²) in [7, 11) is 0. The molecule has 202 valence electrons. The van der Waals surface area contributed by atoms with E-state index in [1.54, 1.807) is 11.1 Å². The van der Waals surface area contributed by atoms with Gasteiger partial charge in [-0.2, -0.15) is 0 Å². The first-order valence-electron chi connectivity index (χ1n) is 14.3. The summed E-state index contributed by atoms with van der Waals surface area (Å²) in [4.78, 5) is 0. The van der Waals surface area contributed by atoms with Gasteiger partial charge in [0.15, 0.2) is 0 Å². The maximum atomic E-state index is 2.46. The van der Waals surface area contributed by atoms with Gasteiger partial charge in [-0.05, 0) is 75.8 Å². The molecule has 2 aliphatic carbocycles. The first kappa shape index (κ1) is 29.5. The second-order valence-corrected chi connectivity index (χ2v) is 16.0. The van der Waals surface area contributed by atoms with Gasteiger partial charge in [-0.1, -0.05) is 142 Å². The molecule has 0 radical (unpaired) electrons. The van der Waals surface area contributed by atoms with E-state index >= 15 is 0 Å². The molecule has 2 atom stereocenters. The minimum absolute atomic E-state index is 0.233. The highest BCUT2D eigenvalue weighted by Crippen LogP contribution is 2.54. The quantitative estimate of drug-likeness (QED) is 0.339. The van der Waals surface area contributed by atoms with Gasteiger partial charge in [0.05, 0.1) is 0 Å². The smallest absolute Gasteiger partial charge is 0.0111 e. The second kappa shape index (κ2) is 9.59. The molecule has 0 fully saturated rings. The zero-order valence-electron chi connectivity index (χ0n) is 26.7. The Balaban J connectivity index is 0.000000206. The molecule has 0 aliphatic heterocycles. The van der Waals surface area contributed by atoms with Crippen molar-refractivity contribution in [3.05, 3.63) is 80.4 Å². The standard InChI is InChI=1S/C19H28.C18H26/c1-12-9-13(2)14-11-16(18(3,4)5)17(15(14)10-12)19(6,7)8;1-12-9-8-10-13-14(12)11-15(17(2,3)4)16(13)18(5,6)7/h9-11,17H,1-8H3;8-11,16H,1-7H3. The Morgan fingerprint density at radius 2 is 0.946 bits per heavy atom. The van der Waals surface area contributed by atoms with Crippen LogP contribution in [-0.4, -0.2) is 0 Å². The third kappa shape index (κ3) is 6.00. The third-order valence-corrected chi connectivity index (χ3v) is 8.23. The lowest BCUT2D eigenvalue weighted by molar-refractivity contribution is 0.316. The van der Waals surface area contributed by atoms with Crippen LogP contribution in [0, 0.1) is 42.4 Å². The highest BCUT2D eigenvalue weighted by molar-refractivity contribution is 5.72. The maximum Gasteiger partial charge on any atom is 0.0111 e. The normalized spacial score (nSPS) is 19.5. The van der Waals surface area contributed by atoms with Gasteiger partial charge in [0, 0.05) is 11.8 Å². The van der Waals surface area contributed by atoms with E-state index in [0.717, 1.165) is 0 Å². The molecular formula is C37H54. The minimum Gasteiger partial charge on any atom is -0.0617 e. The number of hydrogen-bond acceptors (Lipinski definition) is 0. The number of aryl methyl sites for hydroxylation is 3. The van der Waals surface area contributed by atoms with Crippen LogP contribution in [0.2, 0.25) is 0 Å². The SMILES string of the molecule is Cc1cc(C)c2c(c1)C(C(C)(C)C)C(C(C)(C)C)=C2.Cc1cccc2c1C=C(C(C)(C)C)C2C(C)(C)C. The van der Waals surface area contributed by atoms with E-state index in [1.807, 2.05) is 0 Å². The number of rotatable bonds is 0. The van der Waals surface area contributed by atoms with Crippen molar-refractivity contribution in [1.29, 1.82) is 0 Å². The molecule has 0 N–H and O–H groups in total. The first-order chi connectivity index (χ1) is 16.6. The van der Waals surface area contributed by atoms with Crippen molar-refractivity contribution in [2.24, 2.45) is 21.7 Å². The largest absolute Gasteiger partial charge is 0.0617 e. The van der Waals surface area contributed by atoms with Crippen LogP contribution in [0.5, 0.6) is 0 Å². The summed E-state index contributed by atoms with van der Waals surface area (Å²) in [6.45, 7) is 34.9. The maximum absolute atomic E-state index is 2.46. The fraction of sp³-hybridized carbons (Fsp3) is 0.568. The molecule has 0 bridgehead atoms. The van der Waals surface area contributed by atoms with Crippen LogP contribution in [0.1, 0.15) is 134 Å².